The first-order valence-corrected chi connectivity index (χ1v) is 7.10. The van der Waals surface area contributed by atoms with Crippen LogP contribution in [-0.4, -0.2) is 11.7 Å². The van der Waals surface area contributed by atoms with Gasteiger partial charge in [-0.25, -0.2) is 4.39 Å². The molecular weight excluding hydrogens is 337 g/mol. The minimum atomic E-state index is -0.433. The highest BCUT2D eigenvalue weighted by molar-refractivity contribution is 9.10. The van der Waals surface area contributed by atoms with Gasteiger partial charge in [0, 0.05) is 15.7 Å². The maximum Gasteiger partial charge on any atom is 0.228 e. The fraction of sp³-hybridized carbons (Fsp3) is 0.125. The number of benzene rings is 2. The molecule has 1 amide bonds. The Bertz CT molecular complexity index is 700. The number of carbonyl (C=O) groups is 2. The quantitative estimate of drug-likeness (QED) is 0.848. The molecule has 21 heavy (non-hydrogen) atoms. The van der Waals surface area contributed by atoms with Gasteiger partial charge in [-0.2, -0.15) is 0 Å². The molecule has 5 heteroatoms. The Morgan fingerprint density at radius 1 is 1.19 bits per heavy atom. The first-order valence-electron chi connectivity index (χ1n) is 6.30. The molecule has 0 aliphatic heterocycles. The van der Waals surface area contributed by atoms with Gasteiger partial charge in [-0.1, -0.05) is 34.1 Å². The fourth-order valence-electron chi connectivity index (χ4n) is 1.86. The predicted molar refractivity (Wildman–Crippen MR) is 82.9 cm³/mol. The van der Waals surface area contributed by atoms with E-state index in [0.29, 0.717) is 21.3 Å². The number of amides is 1. The van der Waals surface area contributed by atoms with Crippen molar-refractivity contribution in [3.8, 4) is 0 Å². The zero-order valence-corrected chi connectivity index (χ0v) is 12.9. The van der Waals surface area contributed by atoms with Gasteiger partial charge >= 0.3 is 0 Å². The van der Waals surface area contributed by atoms with Gasteiger partial charge in [0.25, 0.3) is 0 Å². The highest BCUT2D eigenvalue weighted by Crippen LogP contribution is 2.17. The van der Waals surface area contributed by atoms with Crippen LogP contribution in [0.2, 0.25) is 0 Å². The summed E-state index contributed by atoms with van der Waals surface area (Å²) in [6.45, 7) is 1.46. The molecular formula is C16H13BrFNO2. The van der Waals surface area contributed by atoms with Crippen molar-refractivity contribution in [3.05, 3.63) is 63.9 Å². The summed E-state index contributed by atoms with van der Waals surface area (Å²) in [6, 6.07) is 11.2. The van der Waals surface area contributed by atoms with Crippen LogP contribution in [0.4, 0.5) is 10.1 Å². The third-order valence-electron chi connectivity index (χ3n) is 2.92. The van der Waals surface area contributed by atoms with Crippen molar-refractivity contribution >= 4 is 33.3 Å². The number of carbonyl (C=O) groups excluding carboxylic acids is 2. The summed E-state index contributed by atoms with van der Waals surface area (Å²) in [5.74, 6) is -0.848. The summed E-state index contributed by atoms with van der Waals surface area (Å²) in [5.41, 5.74) is 1.35. The van der Waals surface area contributed by atoms with E-state index in [0.717, 1.165) is 0 Å². The van der Waals surface area contributed by atoms with Crippen molar-refractivity contribution in [1.82, 2.24) is 0 Å². The Balaban J connectivity index is 2.08. The second-order valence-corrected chi connectivity index (χ2v) is 5.51. The van der Waals surface area contributed by atoms with Crippen LogP contribution < -0.4 is 5.32 Å². The Labute approximate surface area is 130 Å². The minimum Gasteiger partial charge on any atom is -0.326 e. The topological polar surface area (TPSA) is 46.2 Å². The first-order chi connectivity index (χ1) is 9.95. The molecule has 0 radical (unpaired) electrons. The number of rotatable bonds is 4. The SMILES string of the molecule is CC(=O)c1cccc(NC(=O)Cc2ccc(Br)cc2F)c1. The smallest absolute Gasteiger partial charge is 0.228 e. The van der Waals surface area contributed by atoms with Crippen LogP contribution in [0.3, 0.4) is 0 Å². The van der Waals surface area contributed by atoms with E-state index in [-0.39, 0.29) is 18.1 Å². The Morgan fingerprint density at radius 3 is 2.62 bits per heavy atom. The number of hydrogen-bond acceptors (Lipinski definition) is 2. The lowest BCUT2D eigenvalue weighted by molar-refractivity contribution is -0.115. The van der Waals surface area contributed by atoms with E-state index in [2.05, 4.69) is 21.2 Å². The molecule has 0 aliphatic rings. The Hall–Kier alpha value is -2.01. The lowest BCUT2D eigenvalue weighted by Gasteiger charge is -2.07. The monoisotopic (exact) mass is 349 g/mol. The molecule has 0 fully saturated rings. The highest BCUT2D eigenvalue weighted by atomic mass is 79.9. The molecule has 0 saturated carbocycles. The van der Waals surface area contributed by atoms with Gasteiger partial charge in [-0.3, -0.25) is 9.59 Å². The number of nitrogens with one attached hydrogen (secondary N) is 1. The average Bonchev–Trinajstić information content (AvgIpc) is 2.42. The largest absolute Gasteiger partial charge is 0.326 e. The van der Waals surface area contributed by atoms with E-state index in [1.54, 1.807) is 36.4 Å². The number of hydrogen-bond donors (Lipinski definition) is 1. The second-order valence-electron chi connectivity index (χ2n) is 4.60. The summed E-state index contributed by atoms with van der Waals surface area (Å²) in [6.07, 6.45) is -0.0661. The molecule has 3 nitrogen and oxygen atoms in total. The molecule has 0 heterocycles. The molecule has 2 aromatic carbocycles. The van der Waals surface area contributed by atoms with Crippen LogP contribution in [0.1, 0.15) is 22.8 Å². The zero-order valence-electron chi connectivity index (χ0n) is 11.3. The minimum absolute atomic E-state index is 0.0661. The van der Waals surface area contributed by atoms with Gasteiger partial charge in [0.1, 0.15) is 5.82 Å². The first kappa shape index (κ1) is 15.4. The van der Waals surface area contributed by atoms with Crippen molar-refractivity contribution in [3.63, 3.8) is 0 Å². The van der Waals surface area contributed by atoms with Gasteiger partial charge in [0.15, 0.2) is 5.78 Å². The van der Waals surface area contributed by atoms with Crippen LogP contribution in [0.15, 0.2) is 46.9 Å². The van der Waals surface area contributed by atoms with Gasteiger partial charge in [0.2, 0.25) is 5.91 Å². The summed E-state index contributed by atoms with van der Waals surface area (Å²) >= 11 is 3.17. The van der Waals surface area contributed by atoms with E-state index < -0.39 is 5.82 Å². The molecule has 1 N–H and O–H groups in total. The molecule has 108 valence electrons. The van der Waals surface area contributed by atoms with E-state index in [4.69, 9.17) is 0 Å². The summed E-state index contributed by atoms with van der Waals surface area (Å²) in [5, 5.41) is 2.66. The molecule has 0 atom stereocenters. The number of anilines is 1. The molecule has 0 aliphatic carbocycles. The van der Waals surface area contributed by atoms with Crippen LogP contribution in [-0.2, 0) is 11.2 Å². The molecule has 0 saturated heterocycles. The van der Waals surface area contributed by atoms with Crippen LogP contribution >= 0.6 is 15.9 Å². The normalized spacial score (nSPS) is 10.2. The lowest BCUT2D eigenvalue weighted by Crippen LogP contribution is -2.15. The zero-order chi connectivity index (χ0) is 15.4. The van der Waals surface area contributed by atoms with Gasteiger partial charge in [0.05, 0.1) is 6.42 Å². The molecule has 2 aromatic rings. The van der Waals surface area contributed by atoms with E-state index in [9.17, 15) is 14.0 Å². The van der Waals surface area contributed by atoms with Crippen molar-refractivity contribution in [2.24, 2.45) is 0 Å². The fourth-order valence-corrected chi connectivity index (χ4v) is 2.19. The van der Waals surface area contributed by atoms with Crippen LogP contribution in [0.5, 0.6) is 0 Å². The van der Waals surface area contributed by atoms with E-state index >= 15 is 0 Å². The van der Waals surface area contributed by atoms with Crippen LogP contribution in [0, 0.1) is 5.82 Å². The molecule has 0 bridgehead atoms. The average molecular weight is 350 g/mol. The van der Waals surface area contributed by atoms with Crippen LogP contribution in [0.25, 0.3) is 0 Å². The third kappa shape index (κ3) is 4.23. The molecule has 2 rings (SSSR count). The van der Waals surface area contributed by atoms with Gasteiger partial charge < -0.3 is 5.32 Å². The number of Topliss-reactive ketones (excluding diaryl/α,β-unsaturated/α-hetero) is 1. The van der Waals surface area contributed by atoms with E-state index in [1.807, 2.05) is 0 Å². The summed E-state index contributed by atoms with van der Waals surface area (Å²) in [4.78, 5) is 23.2. The summed E-state index contributed by atoms with van der Waals surface area (Å²) in [7, 11) is 0. The third-order valence-corrected chi connectivity index (χ3v) is 3.41. The Kier molecular flexibility index (Phi) is 4.85. The van der Waals surface area contributed by atoms with Gasteiger partial charge in [-0.05, 0) is 36.8 Å². The molecule has 0 unspecified atom stereocenters. The van der Waals surface area contributed by atoms with Crippen molar-refractivity contribution in [2.75, 3.05) is 5.32 Å². The number of halogens is 2. The summed E-state index contributed by atoms with van der Waals surface area (Å²) < 4.78 is 14.3. The van der Waals surface area contributed by atoms with E-state index in [1.165, 1.54) is 13.0 Å². The standard InChI is InChI=1S/C16H13BrFNO2/c1-10(20)11-3-2-4-14(7-11)19-16(21)8-12-5-6-13(17)9-15(12)18/h2-7,9H,8H2,1H3,(H,19,21). The lowest BCUT2D eigenvalue weighted by atomic mass is 10.1. The van der Waals surface area contributed by atoms with Crippen molar-refractivity contribution in [2.45, 2.75) is 13.3 Å². The highest BCUT2D eigenvalue weighted by Gasteiger charge is 2.09. The number of ketones is 1. The maximum absolute atomic E-state index is 13.7. The Morgan fingerprint density at radius 2 is 1.95 bits per heavy atom. The second kappa shape index (κ2) is 6.63. The van der Waals surface area contributed by atoms with Crippen molar-refractivity contribution in [1.29, 1.82) is 0 Å². The predicted octanol–water partition coefficient (Wildman–Crippen LogP) is 3.97. The molecule has 0 aromatic heterocycles. The van der Waals surface area contributed by atoms with Crippen molar-refractivity contribution < 1.29 is 14.0 Å². The maximum atomic E-state index is 13.7. The van der Waals surface area contributed by atoms with Gasteiger partial charge in [-0.15, -0.1) is 0 Å². The molecule has 0 spiro atoms.